The number of rotatable bonds is 9. The van der Waals surface area contributed by atoms with Gasteiger partial charge in [0, 0.05) is 19.7 Å². The molecule has 1 amide bonds. The molecule has 0 aliphatic heterocycles. The second-order valence-electron chi connectivity index (χ2n) is 5.87. The van der Waals surface area contributed by atoms with Gasteiger partial charge >= 0.3 is 5.97 Å². The molecule has 1 fully saturated rings. The van der Waals surface area contributed by atoms with E-state index < -0.39 is 28.0 Å². The van der Waals surface area contributed by atoms with Gasteiger partial charge in [0.05, 0.1) is 17.2 Å². The quantitative estimate of drug-likeness (QED) is 0.470. The second-order valence-corrected chi connectivity index (χ2v) is 7.96. The molecule has 1 aliphatic carbocycles. The molecule has 0 spiro atoms. The van der Waals surface area contributed by atoms with Crippen LogP contribution in [0.4, 0.5) is 0 Å². The van der Waals surface area contributed by atoms with Crippen LogP contribution in [-0.2, 0) is 24.3 Å². The van der Waals surface area contributed by atoms with Gasteiger partial charge in [-0.1, -0.05) is 11.6 Å². The monoisotopic (exact) mass is 404 g/mol. The zero-order chi connectivity index (χ0) is 19.3. The van der Waals surface area contributed by atoms with Crippen LogP contribution in [0.3, 0.4) is 0 Å². The molecular weight excluding hydrogens is 384 g/mol. The molecule has 0 aromatic heterocycles. The normalized spacial score (nSPS) is 15.3. The van der Waals surface area contributed by atoms with Crippen LogP contribution in [0, 0.1) is 0 Å². The highest BCUT2D eigenvalue weighted by molar-refractivity contribution is 7.89. The lowest BCUT2D eigenvalue weighted by Gasteiger charge is -2.14. The van der Waals surface area contributed by atoms with E-state index in [-0.39, 0.29) is 28.1 Å². The van der Waals surface area contributed by atoms with Gasteiger partial charge in [-0.05, 0) is 38.0 Å². The summed E-state index contributed by atoms with van der Waals surface area (Å²) in [4.78, 5) is 23.9. The predicted octanol–water partition coefficient (Wildman–Crippen LogP) is 1.09. The first-order valence-electron chi connectivity index (χ1n) is 8.04. The van der Waals surface area contributed by atoms with E-state index >= 15 is 0 Å². The minimum atomic E-state index is -3.83. The van der Waals surface area contributed by atoms with Gasteiger partial charge in [0.25, 0.3) is 5.91 Å². The molecule has 1 saturated carbocycles. The van der Waals surface area contributed by atoms with E-state index in [9.17, 15) is 18.0 Å². The fourth-order valence-electron chi connectivity index (χ4n) is 2.02. The lowest BCUT2D eigenvalue weighted by molar-refractivity contribution is -0.129. The maximum absolute atomic E-state index is 12.3. The number of ether oxygens (including phenoxy) is 2. The number of halogens is 1. The Balaban J connectivity index is 2.07. The highest BCUT2D eigenvalue weighted by Crippen LogP contribution is 2.27. The van der Waals surface area contributed by atoms with E-state index in [1.807, 2.05) is 0 Å². The van der Waals surface area contributed by atoms with E-state index in [1.165, 1.54) is 26.2 Å². The number of methoxy groups -OCH3 is 1. The highest BCUT2D eigenvalue weighted by Gasteiger charge is 2.30. The standard InChI is InChI=1S/C16H21ClN2O6S/c1-10(15(20)18-7-8-24-2)25-16(21)11-3-6-13(17)14(9-11)26(22,23)19-12-4-5-12/h3,6,9-10,12,19H,4-5,7-8H2,1-2H3,(H,18,20)/t10-/m0/s1. The minimum absolute atomic E-state index is 0.0000529. The Kier molecular flexibility index (Phi) is 6.99. The Hall–Kier alpha value is -1.68. The number of sulfonamides is 1. The molecule has 1 aliphatic rings. The fourth-order valence-corrected chi connectivity index (χ4v) is 3.85. The van der Waals surface area contributed by atoms with Gasteiger partial charge in [-0.15, -0.1) is 0 Å². The molecule has 0 heterocycles. The van der Waals surface area contributed by atoms with Crippen LogP contribution in [0.2, 0.25) is 5.02 Å². The van der Waals surface area contributed by atoms with Crippen LogP contribution in [0.15, 0.2) is 23.1 Å². The topological polar surface area (TPSA) is 111 Å². The third kappa shape index (κ3) is 5.66. The van der Waals surface area contributed by atoms with Gasteiger partial charge in [0.15, 0.2) is 6.10 Å². The molecule has 1 aromatic rings. The summed E-state index contributed by atoms with van der Waals surface area (Å²) < 4.78 is 37.1. The SMILES string of the molecule is COCCNC(=O)[C@H](C)OC(=O)c1ccc(Cl)c(S(=O)(=O)NC2CC2)c1. The van der Waals surface area contributed by atoms with Gasteiger partial charge in [-0.3, -0.25) is 4.79 Å². The van der Waals surface area contributed by atoms with Crippen molar-refractivity contribution in [2.45, 2.75) is 36.8 Å². The van der Waals surface area contributed by atoms with Crippen molar-refractivity contribution in [3.8, 4) is 0 Å². The first kappa shape index (κ1) is 20.6. The number of amides is 1. The number of carbonyl (C=O) groups excluding carboxylic acids is 2. The van der Waals surface area contributed by atoms with Crippen LogP contribution < -0.4 is 10.0 Å². The molecule has 0 saturated heterocycles. The molecule has 2 rings (SSSR count). The zero-order valence-corrected chi connectivity index (χ0v) is 16.0. The van der Waals surface area contributed by atoms with Crippen molar-refractivity contribution >= 4 is 33.5 Å². The Morgan fingerprint density at radius 1 is 1.35 bits per heavy atom. The van der Waals surface area contributed by atoms with Crippen molar-refractivity contribution in [3.63, 3.8) is 0 Å². The minimum Gasteiger partial charge on any atom is -0.449 e. The van der Waals surface area contributed by atoms with E-state index in [0.29, 0.717) is 6.61 Å². The van der Waals surface area contributed by atoms with E-state index in [4.69, 9.17) is 21.1 Å². The van der Waals surface area contributed by atoms with Gasteiger partial charge in [-0.2, -0.15) is 0 Å². The summed E-state index contributed by atoms with van der Waals surface area (Å²) in [7, 11) is -2.33. The van der Waals surface area contributed by atoms with Gasteiger partial charge in [0.2, 0.25) is 10.0 Å². The second kappa shape index (κ2) is 8.81. The van der Waals surface area contributed by atoms with Crippen molar-refractivity contribution in [3.05, 3.63) is 28.8 Å². The van der Waals surface area contributed by atoms with Crippen molar-refractivity contribution in [2.75, 3.05) is 20.3 Å². The Bertz CT molecular complexity index is 779. The first-order valence-corrected chi connectivity index (χ1v) is 9.90. The average Bonchev–Trinajstić information content (AvgIpc) is 3.38. The largest absolute Gasteiger partial charge is 0.449 e. The van der Waals surface area contributed by atoms with Crippen LogP contribution in [0.25, 0.3) is 0 Å². The molecule has 144 valence electrons. The first-order chi connectivity index (χ1) is 12.2. The summed E-state index contributed by atoms with van der Waals surface area (Å²) in [5, 5.41) is 2.55. The van der Waals surface area contributed by atoms with Gasteiger partial charge in [-0.25, -0.2) is 17.9 Å². The van der Waals surface area contributed by atoms with Crippen LogP contribution in [0.1, 0.15) is 30.1 Å². The molecule has 0 bridgehead atoms. The number of carbonyl (C=O) groups is 2. The summed E-state index contributed by atoms with van der Waals surface area (Å²) in [6.45, 7) is 2.04. The summed E-state index contributed by atoms with van der Waals surface area (Å²) in [6, 6.07) is 3.70. The molecule has 1 atom stereocenters. The highest BCUT2D eigenvalue weighted by atomic mass is 35.5. The fraction of sp³-hybridized carbons (Fsp3) is 0.500. The van der Waals surface area contributed by atoms with Gasteiger partial charge in [0.1, 0.15) is 4.90 Å². The maximum Gasteiger partial charge on any atom is 0.338 e. The van der Waals surface area contributed by atoms with E-state index in [2.05, 4.69) is 10.0 Å². The van der Waals surface area contributed by atoms with Crippen LogP contribution in [-0.4, -0.2) is 52.7 Å². The van der Waals surface area contributed by atoms with Crippen molar-refractivity contribution in [1.82, 2.24) is 10.0 Å². The summed E-state index contributed by atoms with van der Waals surface area (Å²) >= 11 is 5.97. The van der Waals surface area contributed by atoms with Crippen molar-refractivity contribution < 1.29 is 27.5 Å². The zero-order valence-electron chi connectivity index (χ0n) is 14.5. The Morgan fingerprint density at radius 3 is 2.65 bits per heavy atom. The van der Waals surface area contributed by atoms with E-state index in [0.717, 1.165) is 18.9 Å². The molecule has 8 nitrogen and oxygen atoms in total. The van der Waals surface area contributed by atoms with Crippen molar-refractivity contribution in [1.29, 1.82) is 0 Å². The van der Waals surface area contributed by atoms with E-state index in [1.54, 1.807) is 0 Å². The number of hydrogen-bond donors (Lipinski definition) is 2. The Morgan fingerprint density at radius 2 is 2.04 bits per heavy atom. The summed E-state index contributed by atoms with van der Waals surface area (Å²) in [5.74, 6) is -1.30. The number of nitrogens with one attached hydrogen (secondary N) is 2. The lowest BCUT2D eigenvalue weighted by atomic mass is 10.2. The predicted molar refractivity (Wildman–Crippen MR) is 94.6 cm³/mol. The maximum atomic E-state index is 12.3. The third-order valence-corrected chi connectivity index (χ3v) is 5.62. The lowest BCUT2D eigenvalue weighted by Crippen LogP contribution is -2.37. The molecule has 2 N–H and O–H groups in total. The molecule has 0 unspecified atom stereocenters. The average molecular weight is 405 g/mol. The smallest absolute Gasteiger partial charge is 0.338 e. The number of esters is 1. The number of hydrogen-bond acceptors (Lipinski definition) is 6. The Labute approximate surface area is 157 Å². The summed E-state index contributed by atoms with van der Waals surface area (Å²) in [6.07, 6.45) is 0.502. The molecule has 26 heavy (non-hydrogen) atoms. The molecule has 0 radical (unpaired) electrons. The summed E-state index contributed by atoms with van der Waals surface area (Å²) in [5.41, 5.74) is -0.0119. The van der Waals surface area contributed by atoms with Gasteiger partial charge < -0.3 is 14.8 Å². The van der Waals surface area contributed by atoms with Crippen molar-refractivity contribution in [2.24, 2.45) is 0 Å². The third-order valence-electron chi connectivity index (χ3n) is 3.61. The van der Waals surface area contributed by atoms with Crippen LogP contribution in [0.5, 0.6) is 0 Å². The molecule has 10 heteroatoms. The number of benzene rings is 1. The van der Waals surface area contributed by atoms with Crippen LogP contribution >= 0.6 is 11.6 Å². The molecule has 1 aromatic carbocycles. The molecular formula is C16H21ClN2O6S.